The highest BCUT2D eigenvalue weighted by molar-refractivity contribution is 7.89. The summed E-state index contributed by atoms with van der Waals surface area (Å²) in [4.78, 5) is 14.8. The Morgan fingerprint density at radius 2 is 1.92 bits per heavy atom. The van der Waals surface area contributed by atoms with Gasteiger partial charge in [-0.05, 0) is 57.5 Å². The van der Waals surface area contributed by atoms with Gasteiger partial charge in [-0.25, -0.2) is 13.1 Å². The molecule has 1 aromatic carbocycles. The summed E-state index contributed by atoms with van der Waals surface area (Å²) in [6.07, 6.45) is 1.75. The monoisotopic (exact) mass is 367 g/mol. The van der Waals surface area contributed by atoms with Gasteiger partial charge in [-0.1, -0.05) is 19.9 Å². The molecule has 0 saturated heterocycles. The van der Waals surface area contributed by atoms with Crippen LogP contribution in [-0.4, -0.2) is 51.9 Å². The maximum absolute atomic E-state index is 12.6. The van der Waals surface area contributed by atoms with Gasteiger partial charge in [0.15, 0.2) is 0 Å². The van der Waals surface area contributed by atoms with Crippen molar-refractivity contribution in [1.82, 2.24) is 14.9 Å². The minimum absolute atomic E-state index is 0.0375. The van der Waals surface area contributed by atoms with E-state index < -0.39 is 10.0 Å². The average molecular weight is 368 g/mol. The van der Waals surface area contributed by atoms with Crippen LogP contribution in [0.5, 0.6) is 0 Å². The Balaban J connectivity index is 2.14. The van der Waals surface area contributed by atoms with Gasteiger partial charge < -0.3 is 10.2 Å². The summed E-state index contributed by atoms with van der Waals surface area (Å²) in [5.41, 5.74) is 1.16. The Labute approximate surface area is 151 Å². The average Bonchev–Trinajstić information content (AvgIpc) is 3.29. The van der Waals surface area contributed by atoms with Gasteiger partial charge in [-0.3, -0.25) is 4.79 Å². The number of nitrogens with zero attached hydrogens (tertiary/aromatic N) is 1. The second-order valence-corrected chi connectivity index (χ2v) is 9.07. The lowest BCUT2D eigenvalue weighted by atomic mass is 10.0. The Kier molecular flexibility index (Phi) is 6.24. The smallest absolute Gasteiger partial charge is 0.251 e. The van der Waals surface area contributed by atoms with Crippen molar-refractivity contribution in [3.8, 4) is 0 Å². The van der Waals surface area contributed by atoms with E-state index >= 15 is 0 Å². The van der Waals surface area contributed by atoms with E-state index in [-0.39, 0.29) is 22.9 Å². The number of likely N-dealkylation sites (N-methyl/N-ethyl adjacent to an activating group) is 1. The third kappa shape index (κ3) is 5.26. The van der Waals surface area contributed by atoms with Crippen LogP contribution in [0.3, 0.4) is 0 Å². The molecule has 0 bridgehead atoms. The predicted molar refractivity (Wildman–Crippen MR) is 99.2 cm³/mol. The Hall–Kier alpha value is -1.44. The van der Waals surface area contributed by atoms with Gasteiger partial charge in [0.05, 0.1) is 4.90 Å². The number of hydrogen-bond acceptors (Lipinski definition) is 4. The molecule has 1 saturated carbocycles. The molecule has 1 unspecified atom stereocenters. The molecule has 1 aromatic rings. The maximum Gasteiger partial charge on any atom is 0.251 e. The molecule has 1 aliphatic rings. The minimum atomic E-state index is -3.57. The number of rotatable bonds is 8. The zero-order valence-corrected chi connectivity index (χ0v) is 16.5. The van der Waals surface area contributed by atoms with Gasteiger partial charge in [0.25, 0.3) is 5.91 Å². The molecule has 0 spiro atoms. The molecule has 0 aliphatic heterocycles. The van der Waals surface area contributed by atoms with Gasteiger partial charge in [-0.2, -0.15) is 0 Å². The van der Waals surface area contributed by atoms with E-state index in [4.69, 9.17) is 0 Å². The molecule has 1 aliphatic carbocycles. The minimum Gasteiger partial charge on any atom is -0.350 e. The van der Waals surface area contributed by atoms with Crippen molar-refractivity contribution in [3.63, 3.8) is 0 Å². The first-order chi connectivity index (χ1) is 11.6. The lowest BCUT2D eigenvalue weighted by Gasteiger charge is -2.28. The number of benzene rings is 1. The van der Waals surface area contributed by atoms with Crippen molar-refractivity contribution >= 4 is 15.9 Å². The van der Waals surface area contributed by atoms with Gasteiger partial charge in [-0.15, -0.1) is 0 Å². The second kappa shape index (κ2) is 7.85. The quantitative estimate of drug-likeness (QED) is 0.734. The van der Waals surface area contributed by atoms with Crippen molar-refractivity contribution in [2.75, 3.05) is 20.6 Å². The fraction of sp³-hybridized carbons (Fsp3) is 0.611. The van der Waals surface area contributed by atoms with E-state index in [1.54, 1.807) is 12.1 Å². The maximum atomic E-state index is 12.6. The molecule has 2 N–H and O–H groups in total. The fourth-order valence-corrected chi connectivity index (χ4v) is 4.14. The first-order valence-electron chi connectivity index (χ1n) is 8.69. The Morgan fingerprint density at radius 1 is 1.28 bits per heavy atom. The summed E-state index contributed by atoms with van der Waals surface area (Å²) in [6.45, 7) is 6.55. The topological polar surface area (TPSA) is 78.5 Å². The molecular weight excluding hydrogens is 338 g/mol. The van der Waals surface area contributed by atoms with Gasteiger partial charge >= 0.3 is 0 Å². The molecule has 0 radical (unpaired) electrons. The fourth-order valence-electron chi connectivity index (χ4n) is 2.81. The molecule has 1 atom stereocenters. The molecule has 2 rings (SSSR count). The SMILES string of the molecule is Cc1ccc(S(=O)(=O)NC2CC2)cc1C(=O)NCC(C(C)C)N(C)C. The van der Waals surface area contributed by atoms with E-state index in [1.807, 2.05) is 21.0 Å². The molecule has 1 fully saturated rings. The molecule has 1 amide bonds. The summed E-state index contributed by atoms with van der Waals surface area (Å²) in [7, 11) is 0.404. The van der Waals surface area contributed by atoms with Crippen LogP contribution in [0.2, 0.25) is 0 Å². The summed E-state index contributed by atoms with van der Waals surface area (Å²) in [5, 5.41) is 2.94. The zero-order chi connectivity index (χ0) is 18.8. The molecule has 0 aromatic heterocycles. The van der Waals surface area contributed by atoms with Crippen molar-refractivity contribution < 1.29 is 13.2 Å². The number of amides is 1. The lowest BCUT2D eigenvalue weighted by molar-refractivity contribution is 0.0934. The van der Waals surface area contributed by atoms with Crippen molar-refractivity contribution in [3.05, 3.63) is 29.3 Å². The first kappa shape index (κ1) is 19.9. The predicted octanol–water partition coefficient (Wildman–Crippen LogP) is 1.75. The molecule has 0 heterocycles. The molecule has 7 heteroatoms. The number of hydrogen-bond donors (Lipinski definition) is 2. The highest BCUT2D eigenvalue weighted by Crippen LogP contribution is 2.23. The first-order valence-corrected chi connectivity index (χ1v) is 10.2. The standard InChI is InChI=1S/C18H29N3O3S/c1-12(2)17(21(4)5)11-19-18(22)16-10-15(9-6-13(16)3)25(23,24)20-14-7-8-14/h6,9-10,12,14,17,20H,7-8,11H2,1-5H3,(H,19,22). The molecule has 6 nitrogen and oxygen atoms in total. The van der Waals surface area contributed by atoms with Gasteiger partial charge in [0, 0.05) is 24.2 Å². The van der Waals surface area contributed by atoms with Crippen LogP contribution >= 0.6 is 0 Å². The number of sulfonamides is 1. The lowest BCUT2D eigenvalue weighted by Crippen LogP contribution is -2.43. The van der Waals surface area contributed by atoms with Crippen LogP contribution < -0.4 is 10.0 Å². The second-order valence-electron chi connectivity index (χ2n) is 7.36. The molecule has 25 heavy (non-hydrogen) atoms. The van der Waals surface area contributed by atoms with Crippen LogP contribution in [0.4, 0.5) is 0 Å². The highest BCUT2D eigenvalue weighted by atomic mass is 32.2. The summed E-state index contributed by atoms with van der Waals surface area (Å²) >= 11 is 0. The van der Waals surface area contributed by atoms with E-state index in [2.05, 4.69) is 28.8 Å². The Morgan fingerprint density at radius 3 is 2.44 bits per heavy atom. The van der Waals surface area contributed by atoms with Crippen molar-refractivity contribution in [1.29, 1.82) is 0 Å². The largest absolute Gasteiger partial charge is 0.350 e. The third-order valence-electron chi connectivity index (χ3n) is 4.57. The van der Waals surface area contributed by atoms with E-state index in [1.165, 1.54) is 6.07 Å². The van der Waals surface area contributed by atoms with Crippen LogP contribution in [-0.2, 0) is 10.0 Å². The van der Waals surface area contributed by atoms with Crippen LogP contribution in [0, 0.1) is 12.8 Å². The number of nitrogens with one attached hydrogen (secondary N) is 2. The van der Waals surface area contributed by atoms with Gasteiger partial charge in [0.2, 0.25) is 10.0 Å². The number of carbonyl (C=O) groups excluding carboxylic acids is 1. The van der Waals surface area contributed by atoms with Crippen LogP contribution in [0.1, 0.15) is 42.6 Å². The molecule has 140 valence electrons. The number of carbonyl (C=O) groups is 1. The molecular formula is C18H29N3O3S. The van der Waals surface area contributed by atoms with E-state index in [0.29, 0.717) is 18.0 Å². The van der Waals surface area contributed by atoms with E-state index in [0.717, 1.165) is 18.4 Å². The summed E-state index contributed by atoms with van der Waals surface area (Å²) < 4.78 is 27.4. The van der Waals surface area contributed by atoms with Crippen molar-refractivity contribution in [2.24, 2.45) is 5.92 Å². The van der Waals surface area contributed by atoms with Gasteiger partial charge in [0.1, 0.15) is 0 Å². The summed E-state index contributed by atoms with van der Waals surface area (Å²) in [5.74, 6) is 0.152. The normalized spacial score (nSPS) is 16.3. The van der Waals surface area contributed by atoms with E-state index in [9.17, 15) is 13.2 Å². The summed E-state index contributed by atoms with van der Waals surface area (Å²) in [6, 6.07) is 4.95. The van der Waals surface area contributed by atoms with Crippen LogP contribution in [0.25, 0.3) is 0 Å². The van der Waals surface area contributed by atoms with Crippen molar-refractivity contribution in [2.45, 2.75) is 50.6 Å². The Bertz CT molecular complexity index is 717. The zero-order valence-electron chi connectivity index (χ0n) is 15.7. The highest BCUT2D eigenvalue weighted by Gasteiger charge is 2.28. The van der Waals surface area contributed by atoms with Crippen LogP contribution in [0.15, 0.2) is 23.1 Å². The number of aryl methyl sites for hydroxylation is 1. The third-order valence-corrected chi connectivity index (χ3v) is 6.09.